The topological polar surface area (TPSA) is 91.3 Å². The molecule has 0 fully saturated rings. The second-order valence-corrected chi connectivity index (χ2v) is 6.88. The highest BCUT2D eigenvalue weighted by atomic mass is 32.1. The van der Waals surface area contributed by atoms with Gasteiger partial charge in [0.15, 0.2) is 5.13 Å². The fourth-order valence-corrected chi connectivity index (χ4v) is 3.22. The zero-order valence-corrected chi connectivity index (χ0v) is 15.5. The first-order valence-corrected chi connectivity index (χ1v) is 9.25. The minimum Gasteiger partial charge on any atom is -0.481 e. The van der Waals surface area contributed by atoms with Crippen molar-refractivity contribution in [2.45, 2.75) is 19.9 Å². The Morgan fingerprint density at radius 3 is 2.56 bits per heavy atom. The quantitative estimate of drug-likeness (QED) is 0.576. The first-order valence-electron chi connectivity index (χ1n) is 8.37. The summed E-state index contributed by atoms with van der Waals surface area (Å²) < 4.78 is 0. The zero-order chi connectivity index (χ0) is 19.2. The molecule has 0 aliphatic heterocycles. The number of carbonyl (C=O) groups is 2. The highest BCUT2D eigenvalue weighted by Gasteiger charge is 2.10. The minimum atomic E-state index is -0.952. The van der Waals surface area contributed by atoms with Crippen LogP contribution in [0.15, 0.2) is 53.9 Å². The van der Waals surface area contributed by atoms with E-state index in [0.717, 1.165) is 5.69 Å². The van der Waals surface area contributed by atoms with Gasteiger partial charge in [0.25, 0.3) is 5.91 Å². The number of nitrogens with one attached hydrogen (secondary N) is 2. The van der Waals surface area contributed by atoms with Crippen molar-refractivity contribution in [2.75, 3.05) is 10.6 Å². The third kappa shape index (κ3) is 5.15. The summed E-state index contributed by atoms with van der Waals surface area (Å²) in [5.74, 6) is -1.23. The summed E-state index contributed by atoms with van der Waals surface area (Å²) in [4.78, 5) is 27.1. The van der Waals surface area contributed by atoms with E-state index in [9.17, 15) is 9.59 Å². The average molecular weight is 381 g/mol. The normalized spacial score (nSPS) is 10.4. The van der Waals surface area contributed by atoms with E-state index in [1.807, 2.05) is 24.3 Å². The van der Waals surface area contributed by atoms with E-state index < -0.39 is 5.97 Å². The lowest BCUT2D eigenvalue weighted by atomic mass is 10.1. The number of anilines is 2. The van der Waals surface area contributed by atoms with Gasteiger partial charge in [0.1, 0.15) is 0 Å². The summed E-state index contributed by atoms with van der Waals surface area (Å²) >= 11 is 1.21. The molecule has 0 saturated carbocycles. The van der Waals surface area contributed by atoms with E-state index in [0.29, 0.717) is 22.9 Å². The van der Waals surface area contributed by atoms with E-state index in [2.05, 4.69) is 34.7 Å². The van der Waals surface area contributed by atoms with E-state index in [-0.39, 0.29) is 12.3 Å². The van der Waals surface area contributed by atoms with Crippen LogP contribution in [-0.4, -0.2) is 22.0 Å². The molecule has 0 unspecified atom stereocenters. The standard InChI is InChI=1S/C20H19N3O3S/c1-13-4-2-3-5-15(13)11-21-16-8-6-14(7-9-16)19(26)23-20-22-17(12-27-20)10-18(24)25/h2-9,12,21H,10-11H2,1H3,(H,24,25)(H,22,23,26). The smallest absolute Gasteiger partial charge is 0.309 e. The van der Waals surface area contributed by atoms with Gasteiger partial charge in [-0.3, -0.25) is 14.9 Å². The van der Waals surface area contributed by atoms with Crippen molar-refractivity contribution in [3.63, 3.8) is 0 Å². The van der Waals surface area contributed by atoms with Gasteiger partial charge in [0.2, 0.25) is 0 Å². The summed E-state index contributed by atoms with van der Waals surface area (Å²) in [6.45, 7) is 2.79. The third-order valence-corrected chi connectivity index (χ3v) is 4.80. The molecule has 3 rings (SSSR count). The van der Waals surface area contributed by atoms with Gasteiger partial charge in [-0.15, -0.1) is 11.3 Å². The molecule has 0 aliphatic rings. The number of nitrogens with zero attached hydrogens (tertiary/aromatic N) is 1. The Balaban J connectivity index is 1.58. The Morgan fingerprint density at radius 1 is 1.11 bits per heavy atom. The van der Waals surface area contributed by atoms with Crippen LogP contribution >= 0.6 is 11.3 Å². The SMILES string of the molecule is Cc1ccccc1CNc1ccc(C(=O)Nc2nc(CC(=O)O)cs2)cc1. The number of aryl methyl sites for hydroxylation is 1. The number of rotatable bonds is 7. The summed E-state index contributed by atoms with van der Waals surface area (Å²) in [6.07, 6.45) is -0.159. The Hall–Kier alpha value is -3.19. The number of benzene rings is 2. The Morgan fingerprint density at radius 2 is 1.85 bits per heavy atom. The molecule has 0 radical (unpaired) electrons. The minimum absolute atomic E-state index is 0.159. The molecule has 27 heavy (non-hydrogen) atoms. The molecule has 1 amide bonds. The summed E-state index contributed by atoms with van der Waals surface area (Å²) in [6, 6.07) is 15.4. The summed E-state index contributed by atoms with van der Waals surface area (Å²) in [5.41, 5.74) is 4.31. The maximum absolute atomic E-state index is 12.3. The lowest BCUT2D eigenvalue weighted by molar-refractivity contribution is -0.136. The largest absolute Gasteiger partial charge is 0.481 e. The lowest BCUT2D eigenvalue weighted by Gasteiger charge is -2.09. The molecule has 0 bridgehead atoms. The van der Waals surface area contributed by atoms with Crippen molar-refractivity contribution in [3.05, 3.63) is 76.3 Å². The van der Waals surface area contributed by atoms with Gasteiger partial charge >= 0.3 is 5.97 Å². The molecule has 138 valence electrons. The molecule has 1 heterocycles. The molecule has 1 aromatic heterocycles. The van der Waals surface area contributed by atoms with Gasteiger partial charge in [-0.25, -0.2) is 4.98 Å². The van der Waals surface area contributed by atoms with Crippen LogP contribution in [0.1, 0.15) is 27.2 Å². The molecular formula is C20H19N3O3S. The monoisotopic (exact) mass is 381 g/mol. The predicted molar refractivity (Wildman–Crippen MR) is 106 cm³/mol. The number of carboxylic acid groups (broad SMARTS) is 1. The van der Waals surface area contributed by atoms with Crippen LogP contribution in [0.5, 0.6) is 0 Å². The van der Waals surface area contributed by atoms with E-state index in [1.54, 1.807) is 17.5 Å². The molecule has 3 aromatic rings. The van der Waals surface area contributed by atoms with Crippen molar-refractivity contribution < 1.29 is 14.7 Å². The van der Waals surface area contributed by atoms with Crippen LogP contribution in [0.3, 0.4) is 0 Å². The second-order valence-electron chi connectivity index (χ2n) is 6.03. The van der Waals surface area contributed by atoms with E-state index >= 15 is 0 Å². The fourth-order valence-electron chi connectivity index (χ4n) is 2.51. The Kier molecular flexibility index (Phi) is 5.83. The van der Waals surface area contributed by atoms with Gasteiger partial charge < -0.3 is 10.4 Å². The molecule has 0 aliphatic carbocycles. The lowest BCUT2D eigenvalue weighted by Crippen LogP contribution is -2.12. The predicted octanol–water partition coefficient (Wildman–Crippen LogP) is 3.94. The molecule has 0 atom stereocenters. The van der Waals surface area contributed by atoms with Gasteiger partial charge in [-0.05, 0) is 42.3 Å². The number of aromatic nitrogens is 1. The van der Waals surface area contributed by atoms with Gasteiger partial charge in [0.05, 0.1) is 12.1 Å². The first-order chi connectivity index (χ1) is 13.0. The average Bonchev–Trinajstić information content (AvgIpc) is 3.07. The van der Waals surface area contributed by atoms with Crippen LogP contribution in [-0.2, 0) is 17.8 Å². The van der Waals surface area contributed by atoms with Crippen LogP contribution in [0.25, 0.3) is 0 Å². The number of amides is 1. The molecule has 3 N–H and O–H groups in total. The van der Waals surface area contributed by atoms with Crippen molar-refractivity contribution in [3.8, 4) is 0 Å². The van der Waals surface area contributed by atoms with Crippen LogP contribution in [0, 0.1) is 6.92 Å². The number of aliphatic carboxylic acids is 1. The second kappa shape index (κ2) is 8.46. The van der Waals surface area contributed by atoms with Crippen molar-refractivity contribution in [1.82, 2.24) is 4.98 Å². The molecule has 0 saturated heterocycles. The maximum Gasteiger partial charge on any atom is 0.309 e. The number of hydrogen-bond donors (Lipinski definition) is 3. The van der Waals surface area contributed by atoms with E-state index in [1.165, 1.54) is 22.5 Å². The molecular weight excluding hydrogens is 362 g/mol. The van der Waals surface area contributed by atoms with Crippen molar-refractivity contribution >= 4 is 34.0 Å². The maximum atomic E-state index is 12.3. The highest BCUT2D eigenvalue weighted by molar-refractivity contribution is 7.14. The van der Waals surface area contributed by atoms with Crippen LogP contribution in [0.2, 0.25) is 0 Å². The van der Waals surface area contributed by atoms with Gasteiger partial charge in [0, 0.05) is 23.2 Å². The van der Waals surface area contributed by atoms with Gasteiger partial charge in [-0.2, -0.15) is 0 Å². The molecule has 6 nitrogen and oxygen atoms in total. The third-order valence-electron chi connectivity index (χ3n) is 4.00. The van der Waals surface area contributed by atoms with Crippen molar-refractivity contribution in [1.29, 1.82) is 0 Å². The Labute approximate surface area is 160 Å². The molecule has 7 heteroatoms. The first kappa shape index (κ1) is 18.6. The van der Waals surface area contributed by atoms with Crippen LogP contribution in [0.4, 0.5) is 10.8 Å². The Bertz CT molecular complexity index is 951. The number of carboxylic acids is 1. The van der Waals surface area contributed by atoms with Crippen molar-refractivity contribution in [2.24, 2.45) is 0 Å². The summed E-state index contributed by atoms with van der Waals surface area (Å²) in [7, 11) is 0. The molecule has 0 spiro atoms. The fraction of sp³-hybridized carbons (Fsp3) is 0.150. The summed E-state index contributed by atoms with van der Waals surface area (Å²) in [5, 5.41) is 16.8. The van der Waals surface area contributed by atoms with E-state index in [4.69, 9.17) is 5.11 Å². The highest BCUT2D eigenvalue weighted by Crippen LogP contribution is 2.18. The molecule has 2 aromatic carbocycles. The number of thiazole rings is 1. The van der Waals surface area contributed by atoms with Gasteiger partial charge in [-0.1, -0.05) is 24.3 Å². The number of carbonyl (C=O) groups excluding carboxylic acids is 1. The zero-order valence-electron chi connectivity index (χ0n) is 14.7. The van der Waals surface area contributed by atoms with Crippen LogP contribution < -0.4 is 10.6 Å². The number of hydrogen-bond acceptors (Lipinski definition) is 5.